The van der Waals surface area contributed by atoms with Gasteiger partial charge in [-0.2, -0.15) is 15.4 Å². The number of nitrogens with zero attached hydrogens (tertiary/aromatic N) is 20. The van der Waals surface area contributed by atoms with E-state index in [4.69, 9.17) is 9.84 Å². The molecule has 1 aliphatic heterocycles. The van der Waals surface area contributed by atoms with Crippen molar-refractivity contribution < 1.29 is 14.4 Å². The number of aliphatic hydroxyl groups is 1. The third kappa shape index (κ3) is 33.4. The van der Waals surface area contributed by atoms with Crippen molar-refractivity contribution in [3.63, 3.8) is 0 Å². The second kappa shape index (κ2) is 43.4. The molecule has 26 nitrogen and oxygen atoms in total. The number of aryl methyl sites for hydroxylation is 3. The lowest BCUT2D eigenvalue weighted by Crippen LogP contribution is -2.06. The van der Waals surface area contributed by atoms with Crippen LogP contribution in [0.1, 0.15) is 256 Å². The van der Waals surface area contributed by atoms with Crippen molar-refractivity contribution in [2.75, 3.05) is 13.2 Å². The van der Waals surface area contributed by atoms with Crippen molar-refractivity contribution in [3.05, 3.63) is 119 Å². The summed E-state index contributed by atoms with van der Waals surface area (Å²) in [5.41, 5.74) is 7.79. The van der Waals surface area contributed by atoms with E-state index in [0.717, 1.165) is 71.6 Å². The summed E-state index contributed by atoms with van der Waals surface area (Å²) in [6.07, 6.45) is 17.5. The molecule has 0 radical (unpaired) electrons. The molecule has 9 aromatic heterocycles. The van der Waals surface area contributed by atoms with Gasteiger partial charge in [-0.1, -0.05) is 170 Å². The van der Waals surface area contributed by atoms with Crippen LogP contribution in [-0.2, 0) is 32.1 Å². The molecule has 1 unspecified atom stereocenters. The topological polar surface area (TPSA) is 316 Å². The Bertz CT molecular complexity index is 2560. The van der Waals surface area contributed by atoms with Gasteiger partial charge < -0.3 is 14.4 Å². The van der Waals surface area contributed by atoms with E-state index in [1.807, 2.05) is 77.3 Å². The number of aromatic nitrogens is 23. The number of H-pyrrole nitrogens is 3. The first-order chi connectivity index (χ1) is 40.7. The highest BCUT2D eigenvalue weighted by Crippen LogP contribution is 2.20. The molecule has 27 heteroatoms. The van der Waals surface area contributed by atoms with E-state index in [9.17, 15) is 0 Å². The molecule has 9 aromatic rings. The van der Waals surface area contributed by atoms with Gasteiger partial charge in [0.1, 0.15) is 25.1 Å². The maximum atomic E-state index is 8.59. The Morgan fingerprint density at radius 3 is 1.37 bits per heavy atom. The van der Waals surface area contributed by atoms with Gasteiger partial charge in [-0.15, -0.1) is 30.6 Å². The molecular formula is C59H105N23O3S. The van der Waals surface area contributed by atoms with Crippen molar-refractivity contribution >= 4 is 11.5 Å². The van der Waals surface area contributed by atoms with Crippen LogP contribution < -0.4 is 0 Å². The minimum atomic E-state index is -0.0975. The summed E-state index contributed by atoms with van der Waals surface area (Å²) in [6, 6.07) is 1.99. The van der Waals surface area contributed by atoms with Crippen LogP contribution in [0.3, 0.4) is 0 Å². The Balaban J connectivity index is 0.000000478. The zero-order chi connectivity index (χ0) is 64.7. The number of tetrazole rings is 1. The Morgan fingerprint density at radius 1 is 0.605 bits per heavy atom. The van der Waals surface area contributed by atoms with E-state index in [1.165, 1.54) is 40.2 Å². The molecule has 0 spiro atoms. The first-order valence-electron chi connectivity index (χ1n) is 29.8. The molecule has 4 N–H and O–H groups in total. The second-order valence-corrected chi connectivity index (χ2v) is 23.9. The zero-order valence-corrected chi connectivity index (χ0v) is 56.7. The Morgan fingerprint density at radius 2 is 1.15 bits per heavy atom. The predicted octanol–water partition coefficient (Wildman–Crippen LogP) is 12.2. The molecule has 86 heavy (non-hydrogen) atoms. The van der Waals surface area contributed by atoms with Crippen molar-refractivity contribution in [2.24, 2.45) is 25.9 Å². The Labute approximate surface area is 515 Å². The lowest BCUT2D eigenvalue weighted by Gasteiger charge is -2.09. The largest absolute Gasteiger partial charge is 0.381 e. The lowest BCUT2D eigenvalue weighted by molar-refractivity contribution is 0.176. The lowest BCUT2D eigenvalue weighted by atomic mass is 9.96. The van der Waals surface area contributed by atoms with Gasteiger partial charge in [0.2, 0.25) is 0 Å². The third-order valence-corrected chi connectivity index (χ3v) is 12.9. The number of aromatic amines is 3. The van der Waals surface area contributed by atoms with Crippen LogP contribution in [0, 0.1) is 11.8 Å². The Hall–Kier alpha value is -7.26. The van der Waals surface area contributed by atoms with Crippen LogP contribution in [0.4, 0.5) is 0 Å². The monoisotopic (exact) mass is 1220 g/mol. The summed E-state index contributed by atoms with van der Waals surface area (Å²) in [6.45, 7) is 47.1. The first kappa shape index (κ1) is 76.8. The number of nitrogens with one attached hydrogen (secondary N) is 3. The van der Waals surface area contributed by atoms with Gasteiger partial charge in [0.25, 0.3) is 0 Å². The van der Waals surface area contributed by atoms with Gasteiger partial charge >= 0.3 is 0 Å². The second-order valence-electron chi connectivity index (χ2n) is 23.3. The number of ether oxygens (including phenoxy) is 1. The zero-order valence-electron chi connectivity index (χ0n) is 55.9. The fraction of sp³-hybridized carbons (Fsp3) is 0.661. The highest BCUT2D eigenvalue weighted by atomic mass is 32.1. The maximum Gasteiger partial charge on any atom is 0.177 e. The number of hydrogen-bond acceptors (Lipinski definition) is 20. The van der Waals surface area contributed by atoms with Gasteiger partial charge in [-0.25, -0.2) is 14.0 Å². The molecule has 0 aliphatic carbocycles. The molecule has 480 valence electrons. The van der Waals surface area contributed by atoms with E-state index >= 15 is 0 Å². The molecule has 0 amide bonds. The minimum Gasteiger partial charge on any atom is -0.381 e. The van der Waals surface area contributed by atoms with Gasteiger partial charge in [0.15, 0.2) is 5.82 Å². The van der Waals surface area contributed by atoms with Crippen LogP contribution in [0.15, 0.2) is 71.9 Å². The Kier molecular flexibility index (Phi) is 38.7. The van der Waals surface area contributed by atoms with Crippen molar-refractivity contribution in [3.8, 4) is 0 Å². The summed E-state index contributed by atoms with van der Waals surface area (Å²) in [5, 5.41) is 71.7. The molecular weight excluding hydrogens is 1110 g/mol. The van der Waals surface area contributed by atoms with Gasteiger partial charge in [0.05, 0.1) is 35.2 Å². The van der Waals surface area contributed by atoms with E-state index in [1.54, 1.807) is 34.2 Å². The van der Waals surface area contributed by atoms with Crippen LogP contribution >= 0.6 is 11.5 Å². The maximum absolute atomic E-state index is 8.59. The summed E-state index contributed by atoms with van der Waals surface area (Å²) in [7, 11) is 3.75. The van der Waals surface area contributed by atoms with Crippen LogP contribution in [0.25, 0.3) is 0 Å². The molecule has 10 rings (SSSR count). The quantitative estimate of drug-likeness (QED) is 0.0883. The first-order valence-corrected chi connectivity index (χ1v) is 30.6. The average molecular weight is 1220 g/mol. The van der Waals surface area contributed by atoms with Gasteiger partial charge in [0, 0.05) is 93.3 Å². The highest BCUT2D eigenvalue weighted by molar-refractivity contribution is 7.03. The van der Waals surface area contributed by atoms with Crippen molar-refractivity contribution in [1.29, 1.82) is 0 Å². The summed E-state index contributed by atoms with van der Waals surface area (Å²) >= 11 is 1.52. The van der Waals surface area contributed by atoms with E-state index in [-0.39, 0.29) is 6.73 Å². The molecule has 0 bridgehead atoms. The molecule has 1 aliphatic rings. The normalized spacial score (nSPS) is 12.3. The molecule has 0 saturated carbocycles. The highest BCUT2D eigenvalue weighted by Gasteiger charge is 2.18. The fourth-order valence-electron chi connectivity index (χ4n) is 6.21. The molecule has 0 aromatic carbocycles. The van der Waals surface area contributed by atoms with Crippen LogP contribution in [0.5, 0.6) is 0 Å². The van der Waals surface area contributed by atoms with Gasteiger partial charge in [-0.05, 0) is 89.8 Å². The van der Waals surface area contributed by atoms with Crippen molar-refractivity contribution in [1.82, 2.24) is 116 Å². The predicted molar refractivity (Wildman–Crippen MR) is 338 cm³/mol. The fourth-order valence-corrected chi connectivity index (χ4v) is 6.91. The summed E-state index contributed by atoms with van der Waals surface area (Å²) in [4.78, 5) is 3.95. The standard InChI is InChI=1S/C7H13N3.C7H14O.C6H11N3O.2C6H11N3.C6H10N2.C6H9NO.C6H9NS.C5H9N3.C4H8N4/c1-4-10-5-7(6(2)3)8-9-10;1-6(2)7-3-4-8-5-7;1-5(2)6-3-9(4-10)8-7-6;2*1-5(2)6-4-9(3)8-7-6;1-5(2)6-3-4-7-8-6;2*1-5(2)6-3-7-8-4-6;1-4(2)5-6-3-7-8-5;1-3(2)4-5-7-8-6-4/h5-6H,4H2,1-3H3;6-7H,3-5H2,1-2H3;3,5,10H,4H2,1-2H3;2*4-5H,1-3H3;3-5H,1-2H3,(H,7,8);2*3-5H,1-2H3;3-4H,1-2H3,(H,6,7,8);3H,1-2H3,(H,5,6,7,8). The molecule has 10 heterocycles. The molecule has 1 saturated heterocycles. The summed E-state index contributed by atoms with van der Waals surface area (Å²) < 4.78 is 20.5. The number of hydrogen-bond donors (Lipinski definition) is 4. The van der Waals surface area contributed by atoms with Crippen LogP contribution in [-0.4, -0.2) is 134 Å². The molecule has 1 fully saturated rings. The van der Waals surface area contributed by atoms with E-state index in [2.05, 4.69) is 224 Å². The van der Waals surface area contributed by atoms with Gasteiger partial charge in [-0.3, -0.25) is 24.2 Å². The smallest absolute Gasteiger partial charge is 0.177 e. The summed E-state index contributed by atoms with van der Waals surface area (Å²) in [5.74, 6) is 7.76. The van der Waals surface area contributed by atoms with E-state index < -0.39 is 0 Å². The number of rotatable bonds is 12. The van der Waals surface area contributed by atoms with Crippen molar-refractivity contribution in [2.45, 2.75) is 218 Å². The van der Waals surface area contributed by atoms with E-state index in [0.29, 0.717) is 53.3 Å². The average Bonchev–Trinajstić information content (AvgIpc) is 4.36. The third-order valence-electron chi connectivity index (χ3n) is 12.3. The molecule has 1 atom stereocenters. The minimum absolute atomic E-state index is 0.0975. The van der Waals surface area contributed by atoms with Crippen LogP contribution in [0.2, 0.25) is 0 Å². The number of aliphatic hydroxyl groups excluding tert-OH is 1. The SMILES string of the molecule is CC(C)C1CCOC1.CC(C)c1ccn[nH]1.CC(C)c1cn(C)nn1.CC(C)c1cn(C)nn1.CC(C)c1cn(CO)nn1.CC(C)c1cnoc1.CC(C)c1cnsc1.CC(C)c1ncn[nH]1.CC(C)c1nn[nH]n1.CCn1cc(C(C)C)nn1.